The number of likely N-dealkylation sites (tertiary alicyclic amines) is 2. The number of nitrogens with one attached hydrogen (secondary N) is 4. The van der Waals surface area contributed by atoms with Crippen molar-refractivity contribution in [1.82, 2.24) is 36.1 Å². The van der Waals surface area contributed by atoms with E-state index in [1.165, 1.54) is 18.4 Å². The molecule has 1 amide bonds. The second-order valence-electron chi connectivity index (χ2n) is 11.9. The SMILES string of the molecule is O=C1NC(N2CCC3(CCN(Cc4ccccc4)C3)C2)NC(N[C@@H]2CCCNC2)C1c1nc2ccccc2s1. The topological polar surface area (TPSA) is 84.6 Å². The van der Waals surface area contributed by atoms with Gasteiger partial charge in [0.15, 0.2) is 0 Å². The second-order valence-corrected chi connectivity index (χ2v) is 13.0. The third kappa shape index (κ3) is 5.36. The lowest BCUT2D eigenvalue weighted by atomic mass is 9.86. The van der Waals surface area contributed by atoms with Gasteiger partial charge in [-0.05, 0) is 61.9 Å². The predicted molar refractivity (Wildman–Crippen MR) is 155 cm³/mol. The number of thiazole rings is 1. The van der Waals surface area contributed by atoms with Gasteiger partial charge in [0.25, 0.3) is 0 Å². The molecule has 8 nitrogen and oxygen atoms in total. The highest BCUT2D eigenvalue weighted by Crippen LogP contribution is 2.41. The summed E-state index contributed by atoms with van der Waals surface area (Å²) in [7, 11) is 0. The highest BCUT2D eigenvalue weighted by molar-refractivity contribution is 7.18. The minimum Gasteiger partial charge on any atom is -0.327 e. The Balaban J connectivity index is 1.06. The number of rotatable bonds is 6. The van der Waals surface area contributed by atoms with Crippen molar-refractivity contribution in [2.45, 2.75) is 56.6 Å². The predicted octanol–water partition coefficient (Wildman–Crippen LogP) is 2.65. The van der Waals surface area contributed by atoms with E-state index in [0.717, 1.165) is 73.9 Å². The molecule has 2 aromatic carbocycles. The van der Waals surface area contributed by atoms with Gasteiger partial charge in [-0.15, -0.1) is 11.3 Å². The monoisotopic (exact) mass is 545 g/mol. The zero-order valence-corrected chi connectivity index (χ0v) is 23.3. The summed E-state index contributed by atoms with van der Waals surface area (Å²) in [6.07, 6.45) is 4.34. The summed E-state index contributed by atoms with van der Waals surface area (Å²) in [4.78, 5) is 23.8. The number of nitrogens with zero attached hydrogens (tertiary/aromatic N) is 3. The van der Waals surface area contributed by atoms with Crippen molar-refractivity contribution in [3.63, 3.8) is 0 Å². The molecular weight excluding hydrogens is 506 g/mol. The standard InChI is InChI=1S/C30H39N7OS/c38-27-25(28-33-23-10-4-5-11-24(23)39-28)26(32-22-9-6-14-31-17-22)34-29(35-27)37-16-13-30(20-37)12-15-36(19-30)18-21-7-2-1-3-8-21/h1-5,7-8,10-11,22,25-26,29,31-32,34H,6,9,12-20H2,(H,35,38)/t22-,25?,26?,29?,30?/m1/s1. The maximum absolute atomic E-state index is 13.8. The number of hydrogen-bond acceptors (Lipinski definition) is 8. The van der Waals surface area contributed by atoms with E-state index in [4.69, 9.17) is 4.98 Å². The smallest absolute Gasteiger partial charge is 0.235 e. The van der Waals surface area contributed by atoms with Crippen LogP contribution in [0.25, 0.3) is 10.2 Å². The Bertz CT molecular complexity index is 1260. The van der Waals surface area contributed by atoms with Crippen molar-refractivity contribution in [3.05, 3.63) is 65.2 Å². The quantitative estimate of drug-likeness (QED) is 0.379. The Morgan fingerprint density at radius 2 is 1.90 bits per heavy atom. The first kappa shape index (κ1) is 25.6. The average Bonchev–Trinajstić information content (AvgIpc) is 3.68. The molecule has 39 heavy (non-hydrogen) atoms. The van der Waals surface area contributed by atoms with Crippen LogP contribution in [0.4, 0.5) is 0 Å². The molecule has 9 heteroatoms. The largest absolute Gasteiger partial charge is 0.327 e. The molecule has 1 aromatic heterocycles. The van der Waals surface area contributed by atoms with Crippen molar-refractivity contribution >= 4 is 27.5 Å². The maximum atomic E-state index is 13.8. The van der Waals surface area contributed by atoms with E-state index in [9.17, 15) is 4.79 Å². The van der Waals surface area contributed by atoms with E-state index in [1.54, 1.807) is 11.3 Å². The van der Waals surface area contributed by atoms with Crippen LogP contribution in [0.15, 0.2) is 54.6 Å². The summed E-state index contributed by atoms with van der Waals surface area (Å²) in [5, 5.41) is 15.4. The zero-order chi connectivity index (χ0) is 26.2. The van der Waals surface area contributed by atoms with E-state index in [0.29, 0.717) is 11.5 Å². The van der Waals surface area contributed by atoms with Gasteiger partial charge in [0.05, 0.1) is 16.4 Å². The fourth-order valence-corrected chi connectivity index (χ4v) is 8.18. The van der Waals surface area contributed by atoms with Crippen LogP contribution in [0.1, 0.15) is 42.2 Å². The number of hydrogen-bond donors (Lipinski definition) is 4. The van der Waals surface area contributed by atoms with Crippen molar-refractivity contribution in [3.8, 4) is 0 Å². The summed E-state index contributed by atoms with van der Waals surface area (Å²) in [5.74, 6) is -0.290. The number of fused-ring (bicyclic) bond motifs is 1. The lowest BCUT2D eigenvalue weighted by Crippen LogP contribution is -2.70. The first-order valence-electron chi connectivity index (χ1n) is 14.5. The van der Waals surface area contributed by atoms with Crippen LogP contribution in [-0.4, -0.2) is 78.5 Å². The van der Waals surface area contributed by atoms with Crippen LogP contribution in [0, 0.1) is 5.41 Å². The average molecular weight is 546 g/mol. The van der Waals surface area contributed by atoms with E-state index in [1.807, 2.05) is 18.2 Å². The normalized spacial score (nSPS) is 32.3. The van der Waals surface area contributed by atoms with Crippen molar-refractivity contribution in [1.29, 1.82) is 0 Å². The summed E-state index contributed by atoms with van der Waals surface area (Å²) in [6, 6.07) is 19.3. The fourth-order valence-electron chi connectivity index (χ4n) is 7.08. The number of amides is 1. The van der Waals surface area contributed by atoms with Crippen LogP contribution in [0.2, 0.25) is 0 Å². The van der Waals surface area contributed by atoms with E-state index in [2.05, 4.69) is 67.5 Å². The molecule has 0 saturated carbocycles. The summed E-state index contributed by atoms with van der Waals surface area (Å²) in [5.41, 5.74) is 2.66. The summed E-state index contributed by atoms with van der Waals surface area (Å²) in [6.45, 7) is 7.31. The molecule has 5 heterocycles. The van der Waals surface area contributed by atoms with E-state index in [-0.39, 0.29) is 24.3 Å². The molecule has 206 valence electrons. The Morgan fingerprint density at radius 1 is 1.05 bits per heavy atom. The van der Waals surface area contributed by atoms with Gasteiger partial charge in [0.1, 0.15) is 17.2 Å². The molecule has 4 saturated heterocycles. The Morgan fingerprint density at radius 3 is 2.74 bits per heavy atom. The van der Waals surface area contributed by atoms with Crippen molar-refractivity contribution in [2.24, 2.45) is 5.41 Å². The number of carbonyl (C=O) groups is 1. The van der Waals surface area contributed by atoms with Gasteiger partial charge in [0.2, 0.25) is 5.91 Å². The van der Waals surface area contributed by atoms with Gasteiger partial charge in [-0.25, -0.2) is 4.98 Å². The summed E-state index contributed by atoms with van der Waals surface area (Å²) >= 11 is 1.64. The van der Waals surface area contributed by atoms with Crippen LogP contribution in [-0.2, 0) is 11.3 Å². The molecule has 0 radical (unpaired) electrons. The van der Waals surface area contributed by atoms with Gasteiger partial charge >= 0.3 is 0 Å². The van der Waals surface area contributed by atoms with Crippen molar-refractivity contribution in [2.75, 3.05) is 39.3 Å². The van der Waals surface area contributed by atoms with Gasteiger partial charge < -0.3 is 10.6 Å². The molecule has 0 aliphatic carbocycles. The molecule has 5 atom stereocenters. The molecule has 4 unspecified atom stereocenters. The third-order valence-electron chi connectivity index (χ3n) is 9.12. The molecule has 4 fully saturated rings. The fraction of sp³-hybridized carbons (Fsp3) is 0.533. The molecule has 1 spiro atoms. The zero-order valence-electron chi connectivity index (χ0n) is 22.4. The minimum atomic E-state index is -0.356. The molecular formula is C30H39N7OS. The lowest BCUT2D eigenvalue weighted by molar-refractivity contribution is -0.129. The number of aromatic nitrogens is 1. The minimum absolute atomic E-state index is 0.0668. The van der Waals surface area contributed by atoms with Crippen LogP contribution < -0.4 is 21.3 Å². The molecule has 0 bridgehead atoms. The number of benzene rings is 2. The first-order valence-corrected chi connectivity index (χ1v) is 15.3. The maximum Gasteiger partial charge on any atom is 0.235 e. The third-order valence-corrected chi connectivity index (χ3v) is 10.2. The second kappa shape index (κ2) is 10.9. The van der Waals surface area contributed by atoms with Gasteiger partial charge in [-0.2, -0.15) is 0 Å². The number of para-hydroxylation sites is 1. The van der Waals surface area contributed by atoms with E-state index >= 15 is 0 Å². The Kier molecular flexibility index (Phi) is 7.13. The van der Waals surface area contributed by atoms with Crippen LogP contribution in [0.3, 0.4) is 0 Å². The van der Waals surface area contributed by atoms with Crippen LogP contribution in [0.5, 0.6) is 0 Å². The van der Waals surface area contributed by atoms with E-state index < -0.39 is 0 Å². The molecule has 4 aliphatic heterocycles. The number of carbonyl (C=O) groups excluding carboxylic acids is 1. The van der Waals surface area contributed by atoms with Crippen molar-refractivity contribution < 1.29 is 4.79 Å². The summed E-state index contributed by atoms with van der Waals surface area (Å²) < 4.78 is 1.13. The highest BCUT2D eigenvalue weighted by atomic mass is 32.1. The molecule has 4 N–H and O–H groups in total. The van der Waals surface area contributed by atoms with Gasteiger partial charge in [0, 0.05) is 38.8 Å². The van der Waals surface area contributed by atoms with Crippen LogP contribution >= 0.6 is 11.3 Å². The van der Waals surface area contributed by atoms with Gasteiger partial charge in [-0.1, -0.05) is 42.5 Å². The first-order chi connectivity index (χ1) is 19.1. The molecule has 4 aliphatic rings. The van der Waals surface area contributed by atoms with Gasteiger partial charge in [-0.3, -0.25) is 25.2 Å². The number of piperidine rings is 1. The highest BCUT2D eigenvalue weighted by Gasteiger charge is 2.48. The molecule has 3 aromatic rings. The lowest BCUT2D eigenvalue weighted by Gasteiger charge is -2.43. The molecule has 7 rings (SSSR count). The Labute approximate surface area is 234 Å². The Hall–Kier alpha value is -2.40.